The van der Waals surface area contributed by atoms with Crippen molar-refractivity contribution in [3.8, 4) is 11.5 Å². The molecule has 0 unspecified atom stereocenters. The highest BCUT2D eigenvalue weighted by molar-refractivity contribution is 5.96. The average molecular weight is 339 g/mol. The topological polar surface area (TPSA) is 86.5 Å². The van der Waals surface area contributed by atoms with Gasteiger partial charge in [0, 0.05) is 24.9 Å². The van der Waals surface area contributed by atoms with Gasteiger partial charge < -0.3 is 14.8 Å². The second-order valence-corrected chi connectivity index (χ2v) is 5.24. The second kappa shape index (κ2) is 7.48. The zero-order valence-electron chi connectivity index (χ0n) is 13.6. The van der Waals surface area contributed by atoms with Crippen LogP contribution in [0.15, 0.2) is 54.7 Å². The van der Waals surface area contributed by atoms with Crippen LogP contribution in [0.5, 0.6) is 11.5 Å². The number of nitrogens with zero attached hydrogens (tertiary/aromatic N) is 2. The third-order valence-electron chi connectivity index (χ3n) is 3.67. The molecule has 0 atom stereocenters. The number of non-ortho nitro benzene ring substituents is 1. The molecular formula is C18H17N3O4. The molecule has 3 rings (SSSR count). The number of fused-ring (bicyclic) bond motifs is 1. The van der Waals surface area contributed by atoms with Gasteiger partial charge in [-0.25, -0.2) is 0 Å². The SMILES string of the molecule is COc1cccc(OCCNc2ccc([N+](=O)[O-])c3cccnc23)c1. The zero-order chi connectivity index (χ0) is 17.6. The molecule has 0 aliphatic carbocycles. The van der Waals surface area contributed by atoms with Crippen molar-refractivity contribution in [1.29, 1.82) is 0 Å². The van der Waals surface area contributed by atoms with Gasteiger partial charge in [-0.2, -0.15) is 0 Å². The number of benzene rings is 2. The van der Waals surface area contributed by atoms with Gasteiger partial charge in [-0.1, -0.05) is 6.07 Å². The van der Waals surface area contributed by atoms with Gasteiger partial charge in [0.1, 0.15) is 23.6 Å². The molecule has 0 radical (unpaired) electrons. The Morgan fingerprint density at radius 1 is 1.16 bits per heavy atom. The van der Waals surface area contributed by atoms with Crippen LogP contribution in [0.3, 0.4) is 0 Å². The zero-order valence-corrected chi connectivity index (χ0v) is 13.6. The first-order valence-electron chi connectivity index (χ1n) is 7.72. The van der Waals surface area contributed by atoms with E-state index in [0.29, 0.717) is 29.8 Å². The Morgan fingerprint density at radius 3 is 2.80 bits per heavy atom. The van der Waals surface area contributed by atoms with Crippen LogP contribution < -0.4 is 14.8 Å². The third kappa shape index (κ3) is 3.77. The van der Waals surface area contributed by atoms with Crippen molar-refractivity contribution >= 4 is 22.3 Å². The molecule has 0 saturated carbocycles. The summed E-state index contributed by atoms with van der Waals surface area (Å²) in [7, 11) is 1.60. The number of nitro groups is 1. The molecule has 0 aliphatic rings. The van der Waals surface area contributed by atoms with Gasteiger partial charge in [0.2, 0.25) is 0 Å². The summed E-state index contributed by atoms with van der Waals surface area (Å²) in [5, 5.41) is 14.8. The number of hydrogen-bond donors (Lipinski definition) is 1. The van der Waals surface area contributed by atoms with Crippen molar-refractivity contribution in [3.63, 3.8) is 0 Å². The van der Waals surface area contributed by atoms with Crippen molar-refractivity contribution < 1.29 is 14.4 Å². The molecule has 7 nitrogen and oxygen atoms in total. The first-order chi connectivity index (χ1) is 12.2. The Hall–Kier alpha value is -3.35. The Kier molecular flexibility index (Phi) is 4.94. The summed E-state index contributed by atoms with van der Waals surface area (Å²) >= 11 is 0. The summed E-state index contributed by atoms with van der Waals surface area (Å²) in [6.07, 6.45) is 1.62. The van der Waals surface area contributed by atoms with E-state index >= 15 is 0 Å². The average Bonchev–Trinajstić information content (AvgIpc) is 2.65. The number of aromatic nitrogens is 1. The lowest BCUT2D eigenvalue weighted by atomic mass is 10.1. The fourth-order valence-corrected chi connectivity index (χ4v) is 2.51. The fourth-order valence-electron chi connectivity index (χ4n) is 2.51. The lowest BCUT2D eigenvalue weighted by molar-refractivity contribution is -0.383. The smallest absolute Gasteiger partial charge is 0.278 e. The Bertz CT molecular complexity index is 898. The van der Waals surface area contributed by atoms with Crippen LogP contribution in [0.1, 0.15) is 0 Å². The predicted molar refractivity (Wildman–Crippen MR) is 95.4 cm³/mol. The second-order valence-electron chi connectivity index (χ2n) is 5.24. The molecule has 0 bridgehead atoms. The van der Waals surface area contributed by atoms with Crippen LogP contribution in [0.25, 0.3) is 10.9 Å². The largest absolute Gasteiger partial charge is 0.497 e. The summed E-state index contributed by atoms with van der Waals surface area (Å²) in [5.74, 6) is 1.45. The highest BCUT2D eigenvalue weighted by Gasteiger charge is 2.14. The Labute approximate surface area is 144 Å². The van der Waals surface area contributed by atoms with Crippen LogP contribution in [0, 0.1) is 10.1 Å². The molecule has 0 spiro atoms. The molecule has 2 aromatic carbocycles. The standard InChI is InChI=1S/C18H17N3O4/c1-24-13-4-2-5-14(12-13)25-11-10-19-16-7-8-17(21(22)23)15-6-3-9-20-18(15)16/h2-9,12,19H,10-11H2,1H3. The molecule has 0 aliphatic heterocycles. The van der Waals surface area contributed by atoms with E-state index in [1.165, 1.54) is 6.07 Å². The van der Waals surface area contributed by atoms with Gasteiger partial charge in [0.25, 0.3) is 5.69 Å². The highest BCUT2D eigenvalue weighted by atomic mass is 16.6. The van der Waals surface area contributed by atoms with E-state index in [1.54, 1.807) is 31.5 Å². The number of nitro benzene ring substituents is 1. The van der Waals surface area contributed by atoms with Gasteiger partial charge in [-0.05, 0) is 30.3 Å². The maximum absolute atomic E-state index is 11.1. The number of methoxy groups -OCH3 is 1. The van der Waals surface area contributed by atoms with Gasteiger partial charge in [0.05, 0.1) is 23.1 Å². The van der Waals surface area contributed by atoms with E-state index in [2.05, 4.69) is 10.3 Å². The van der Waals surface area contributed by atoms with E-state index < -0.39 is 4.92 Å². The Morgan fingerprint density at radius 2 is 2.00 bits per heavy atom. The van der Waals surface area contributed by atoms with E-state index in [1.807, 2.05) is 24.3 Å². The molecule has 128 valence electrons. The number of pyridine rings is 1. The van der Waals surface area contributed by atoms with E-state index in [0.717, 1.165) is 11.4 Å². The predicted octanol–water partition coefficient (Wildman–Crippen LogP) is 3.64. The first-order valence-corrected chi connectivity index (χ1v) is 7.72. The molecule has 25 heavy (non-hydrogen) atoms. The lowest BCUT2D eigenvalue weighted by Gasteiger charge is -2.11. The molecule has 7 heteroatoms. The van der Waals surface area contributed by atoms with Crippen molar-refractivity contribution in [2.75, 3.05) is 25.6 Å². The van der Waals surface area contributed by atoms with Crippen LogP contribution in [-0.2, 0) is 0 Å². The van der Waals surface area contributed by atoms with Crippen molar-refractivity contribution in [2.24, 2.45) is 0 Å². The molecule has 1 heterocycles. The van der Waals surface area contributed by atoms with E-state index in [-0.39, 0.29) is 5.69 Å². The molecule has 0 fully saturated rings. The molecule has 3 aromatic rings. The molecular weight excluding hydrogens is 322 g/mol. The molecule has 0 saturated heterocycles. The minimum atomic E-state index is -0.403. The van der Waals surface area contributed by atoms with Gasteiger partial charge >= 0.3 is 0 Å². The molecule has 1 N–H and O–H groups in total. The van der Waals surface area contributed by atoms with Crippen molar-refractivity contribution in [1.82, 2.24) is 4.98 Å². The normalized spacial score (nSPS) is 10.4. The maximum Gasteiger partial charge on any atom is 0.278 e. The Balaban J connectivity index is 1.67. The van der Waals surface area contributed by atoms with Crippen LogP contribution >= 0.6 is 0 Å². The monoisotopic (exact) mass is 339 g/mol. The number of anilines is 1. The summed E-state index contributed by atoms with van der Waals surface area (Å²) in [6.45, 7) is 0.958. The number of ether oxygens (including phenoxy) is 2. The number of rotatable bonds is 7. The third-order valence-corrected chi connectivity index (χ3v) is 3.67. The minimum Gasteiger partial charge on any atom is -0.497 e. The van der Waals surface area contributed by atoms with Crippen molar-refractivity contribution in [2.45, 2.75) is 0 Å². The van der Waals surface area contributed by atoms with Crippen LogP contribution in [0.4, 0.5) is 11.4 Å². The van der Waals surface area contributed by atoms with Crippen LogP contribution in [-0.4, -0.2) is 30.2 Å². The van der Waals surface area contributed by atoms with Gasteiger partial charge in [-0.15, -0.1) is 0 Å². The van der Waals surface area contributed by atoms with Gasteiger partial charge in [-0.3, -0.25) is 15.1 Å². The highest BCUT2D eigenvalue weighted by Crippen LogP contribution is 2.29. The van der Waals surface area contributed by atoms with Gasteiger partial charge in [0.15, 0.2) is 0 Å². The maximum atomic E-state index is 11.1. The minimum absolute atomic E-state index is 0.0429. The molecule has 1 aromatic heterocycles. The number of hydrogen-bond acceptors (Lipinski definition) is 6. The van der Waals surface area contributed by atoms with E-state index in [4.69, 9.17) is 9.47 Å². The van der Waals surface area contributed by atoms with Crippen LogP contribution in [0.2, 0.25) is 0 Å². The first kappa shape index (κ1) is 16.5. The fraction of sp³-hybridized carbons (Fsp3) is 0.167. The lowest BCUT2D eigenvalue weighted by Crippen LogP contribution is -2.12. The summed E-state index contributed by atoms with van der Waals surface area (Å²) in [6, 6.07) is 13.9. The van der Waals surface area contributed by atoms with Crippen molar-refractivity contribution in [3.05, 3.63) is 64.8 Å². The quantitative estimate of drug-likeness (QED) is 0.402. The summed E-state index contributed by atoms with van der Waals surface area (Å²) < 4.78 is 10.8. The molecule has 0 amide bonds. The number of nitrogens with one attached hydrogen (secondary N) is 1. The van der Waals surface area contributed by atoms with E-state index in [9.17, 15) is 10.1 Å². The summed E-state index contributed by atoms with van der Waals surface area (Å²) in [5.41, 5.74) is 1.34. The summed E-state index contributed by atoms with van der Waals surface area (Å²) in [4.78, 5) is 15.0.